The van der Waals surface area contributed by atoms with E-state index in [4.69, 9.17) is 0 Å². The molecule has 24 heavy (non-hydrogen) atoms. The fourth-order valence-corrected chi connectivity index (χ4v) is 3.20. The minimum atomic E-state index is 0.213. The maximum absolute atomic E-state index is 10.3. The third-order valence-corrected chi connectivity index (χ3v) is 4.52. The molecule has 1 heterocycles. The summed E-state index contributed by atoms with van der Waals surface area (Å²) >= 11 is 0. The molecule has 1 aromatic heterocycles. The van der Waals surface area contributed by atoms with Crippen LogP contribution in [0.2, 0.25) is 0 Å². The third kappa shape index (κ3) is 3.42. The Morgan fingerprint density at radius 2 is 1.67 bits per heavy atom. The first-order valence-electron chi connectivity index (χ1n) is 8.88. The van der Waals surface area contributed by atoms with Gasteiger partial charge in [0.05, 0.1) is 0 Å². The molecule has 1 N–H and O–H groups in total. The predicted molar refractivity (Wildman–Crippen MR) is 97.7 cm³/mol. The highest BCUT2D eigenvalue weighted by Gasteiger charge is 2.15. The van der Waals surface area contributed by atoms with E-state index in [2.05, 4.69) is 24.0 Å². The largest absolute Gasteiger partial charge is 0.506 e. The van der Waals surface area contributed by atoms with E-state index in [0.717, 1.165) is 17.5 Å². The van der Waals surface area contributed by atoms with E-state index in [9.17, 15) is 5.11 Å². The van der Waals surface area contributed by atoms with Crippen LogP contribution in [0.15, 0.2) is 42.5 Å². The molecule has 0 saturated heterocycles. The molecule has 126 valence electrons. The summed E-state index contributed by atoms with van der Waals surface area (Å²) in [5.41, 5.74) is 3.58. The Kier molecular flexibility index (Phi) is 5.14. The summed E-state index contributed by atoms with van der Waals surface area (Å²) in [7, 11) is 0. The normalized spacial score (nSPS) is 12.6. The van der Waals surface area contributed by atoms with Crippen molar-refractivity contribution < 1.29 is 5.11 Å². The molecule has 0 spiro atoms. The fraction of sp³-hybridized carbons (Fsp3) is 0.400. The van der Waals surface area contributed by atoms with E-state index in [0.29, 0.717) is 11.6 Å². The lowest BCUT2D eigenvalue weighted by Crippen LogP contribution is -2.03. The molecule has 3 rings (SSSR count). The Morgan fingerprint density at radius 1 is 0.958 bits per heavy atom. The quantitative estimate of drug-likeness (QED) is 0.650. The molecule has 0 aliphatic rings. The van der Waals surface area contributed by atoms with E-state index < -0.39 is 0 Å². The monoisotopic (exact) mass is 323 g/mol. The molecule has 1 unspecified atom stereocenters. The number of aromatic hydroxyl groups is 1. The van der Waals surface area contributed by atoms with Crippen LogP contribution >= 0.6 is 0 Å². The van der Waals surface area contributed by atoms with Crippen molar-refractivity contribution in [2.45, 2.75) is 51.9 Å². The lowest BCUT2D eigenvalue weighted by Gasteiger charge is -2.17. The zero-order valence-corrected chi connectivity index (χ0v) is 14.4. The van der Waals surface area contributed by atoms with Crippen molar-refractivity contribution in [1.82, 2.24) is 15.0 Å². The summed E-state index contributed by atoms with van der Waals surface area (Å²) < 4.78 is 0. The first kappa shape index (κ1) is 16.5. The van der Waals surface area contributed by atoms with Crippen LogP contribution < -0.4 is 0 Å². The number of unbranched alkanes of at least 4 members (excludes halogenated alkanes) is 1. The maximum atomic E-state index is 10.3. The number of hydrogen-bond donors (Lipinski definition) is 1. The highest BCUT2D eigenvalue weighted by atomic mass is 16.3. The van der Waals surface area contributed by atoms with E-state index in [1.54, 1.807) is 10.9 Å². The van der Waals surface area contributed by atoms with Crippen LogP contribution in [-0.2, 0) is 0 Å². The van der Waals surface area contributed by atoms with Crippen LogP contribution in [0.1, 0.15) is 57.4 Å². The minimum absolute atomic E-state index is 0.213. The van der Waals surface area contributed by atoms with Crippen molar-refractivity contribution in [1.29, 1.82) is 0 Å². The van der Waals surface area contributed by atoms with Crippen LogP contribution in [0, 0.1) is 0 Å². The number of benzene rings is 2. The molecule has 1 atom stereocenters. The van der Waals surface area contributed by atoms with Gasteiger partial charge in [-0.05, 0) is 48.6 Å². The Labute approximate surface area is 143 Å². The maximum Gasteiger partial charge on any atom is 0.143 e. The first-order chi connectivity index (χ1) is 11.7. The number of fused-ring (bicyclic) bond motifs is 1. The third-order valence-electron chi connectivity index (χ3n) is 4.52. The molecule has 0 amide bonds. The van der Waals surface area contributed by atoms with Gasteiger partial charge in [0.25, 0.3) is 0 Å². The number of rotatable bonds is 7. The molecule has 0 radical (unpaired) electrons. The van der Waals surface area contributed by atoms with Crippen LogP contribution in [-0.4, -0.2) is 20.1 Å². The topological polar surface area (TPSA) is 50.9 Å². The van der Waals surface area contributed by atoms with Crippen molar-refractivity contribution in [3.8, 4) is 11.4 Å². The number of aromatic nitrogens is 3. The van der Waals surface area contributed by atoms with E-state index >= 15 is 0 Å². The number of hydrogen-bond acceptors (Lipinski definition) is 3. The number of nitrogens with zero attached hydrogens (tertiary/aromatic N) is 3. The van der Waals surface area contributed by atoms with Gasteiger partial charge in [-0.25, -0.2) is 0 Å². The summed E-state index contributed by atoms with van der Waals surface area (Å²) in [5, 5.41) is 19.3. The van der Waals surface area contributed by atoms with Crippen molar-refractivity contribution in [2.24, 2.45) is 0 Å². The highest BCUT2D eigenvalue weighted by Crippen LogP contribution is 2.31. The predicted octanol–water partition coefficient (Wildman–Crippen LogP) is 5.20. The van der Waals surface area contributed by atoms with Crippen molar-refractivity contribution in [2.75, 3.05) is 0 Å². The number of phenols is 1. The first-order valence-corrected chi connectivity index (χ1v) is 8.88. The second-order valence-electron chi connectivity index (χ2n) is 6.35. The zero-order chi connectivity index (χ0) is 16.9. The average molecular weight is 323 g/mol. The molecule has 4 heteroatoms. The standard InChI is InChI=1S/C20H25N3O/c1-3-5-9-15(8-4-2)16-12-13-20(24)19(14-16)23-21-17-10-6-7-11-18(17)22-23/h6-7,10-15,24H,3-5,8-9H2,1-2H3. The van der Waals surface area contributed by atoms with E-state index in [1.807, 2.05) is 36.4 Å². The highest BCUT2D eigenvalue weighted by molar-refractivity contribution is 5.73. The molecule has 0 saturated carbocycles. The van der Waals surface area contributed by atoms with E-state index in [-0.39, 0.29) is 5.75 Å². The molecule has 3 aromatic rings. The Morgan fingerprint density at radius 3 is 2.29 bits per heavy atom. The molecule has 0 aliphatic carbocycles. The van der Waals surface area contributed by atoms with Gasteiger partial charge < -0.3 is 5.11 Å². The summed E-state index contributed by atoms with van der Waals surface area (Å²) in [6.07, 6.45) is 5.94. The molecule has 0 bridgehead atoms. The van der Waals surface area contributed by atoms with Crippen molar-refractivity contribution >= 4 is 11.0 Å². The molecular formula is C20H25N3O. The fourth-order valence-electron chi connectivity index (χ4n) is 3.20. The van der Waals surface area contributed by atoms with Crippen molar-refractivity contribution in [3.05, 3.63) is 48.0 Å². The Hall–Kier alpha value is -2.36. The van der Waals surface area contributed by atoms with E-state index in [1.165, 1.54) is 31.2 Å². The molecule has 0 aliphatic heterocycles. The van der Waals surface area contributed by atoms with Crippen LogP contribution in [0.5, 0.6) is 5.75 Å². The second kappa shape index (κ2) is 7.47. The van der Waals surface area contributed by atoms with Gasteiger partial charge in [-0.2, -0.15) is 0 Å². The molecular weight excluding hydrogens is 298 g/mol. The summed E-state index contributed by atoms with van der Waals surface area (Å²) in [6, 6.07) is 13.6. The van der Waals surface area contributed by atoms with Gasteiger partial charge in [-0.15, -0.1) is 15.0 Å². The van der Waals surface area contributed by atoms with Gasteiger partial charge in [-0.1, -0.05) is 51.3 Å². The van der Waals surface area contributed by atoms with Gasteiger partial charge in [0, 0.05) is 0 Å². The van der Waals surface area contributed by atoms with Gasteiger partial charge in [0.2, 0.25) is 0 Å². The van der Waals surface area contributed by atoms with Crippen LogP contribution in [0.3, 0.4) is 0 Å². The minimum Gasteiger partial charge on any atom is -0.506 e. The average Bonchev–Trinajstić information content (AvgIpc) is 3.03. The Bertz CT molecular complexity index is 777. The summed E-state index contributed by atoms with van der Waals surface area (Å²) in [4.78, 5) is 1.55. The lowest BCUT2D eigenvalue weighted by atomic mass is 9.89. The van der Waals surface area contributed by atoms with Crippen LogP contribution in [0.25, 0.3) is 16.7 Å². The summed E-state index contributed by atoms with van der Waals surface area (Å²) in [5.74, 6) is 0.740. The smallest absolute Gasteiger partial charge is 0.143 e. The van der Waals surface area contributed by atoms with Gasteiger partial charge in [-0.3, -0.25) is 0 Å². The van der Waals surface area contributed by atoms with Gasteiger partial charge in [0.15, 0.2) is 0 Å². The molecule has 0 fully saturated rings. The van der Waals surface area contributed by atoms with Crippen molar-refractivity contribution in [3.63, 3.8) is 0 Å². The summed E-state index contributed by atoms with van der Waals surface area (Å²) in [6.45, 7) is 4.45. The van der Waals surface area contributed by atoms with Gasteiger partial charge >= 0.3 is 0 Å². The molecule has 2 aromatic carbocycles. The van der Waals surface area contributed by atoms with Gasteiger partial charge in [0.1, 0.15) is 22.5 Å². The van der Waals surface area contributed by atoms with Crippen LogP contribution in [0.4, 0.5) is 0 Å². The number of phenolic OH excluding ortho intramolecular Hbond substituents is 1. The lowest BCUT2D eigenvalue weighted by molar-refractivity contribution is 0.466. The zero-order valence-electron chi connectivity index (χ0n) is 14.4. The Balaban J connectivity index is 1.98. The SMILES string of the molecule is CCCCC(CCC)c1ccc(O)c(-n2nc3ccccc3n2)c1. The second-order valence-corrected chi connectivity index (χ2v) is 6.35. The molecule has 4 nitrogen and oxygen atoms in total.